The molecular formula is C16H15IN2O2. The Kier molecular flexibility index (Phi) is 5.74. The number of benzene rings is 2. The maximum Gasteiger partial charge on any atom is 0.265 e. The Labute approximate surface area is 137 Å². The first-order chi connectivity index (χ1) is 10.1. The fraction of sp³-hybridized carbons (Fsp3) is 0.125. The van der Waals surface area contributed by atoms with Crippen LogP contribution >= 0.6 is 22.6 Å². The average molecular weight is 394 g/mol. The molecule has 0 saturated carbocycles. The van der Waals surface area contributed by atoms with E-state index in [4.69, 9.17) is 4.84 Å². The highest BCUT2D eigenvalue weighted by Crippen LogP contribution is 2.12. The summed E-state index contributed by atoms with van der Waals surface area (Å²) in [7, 11) is 0. The van der Waals surface area contributed by atoms with Crippen LogP contribution in [0.3, 0.4) is 0 Å². The van der Waals surface area contributed by atoms with E-state index in [2.05, 4.69) is 33.1 Å². The largest absolute Gasteiger partial charge is 0.386 e. The molecule has 0 radical (unpaired) electrons. The molecule has 1 N–H and O–H groups in total. The predicted octanol–water partition coefficient (Wildman–Crippen LogP) is 3.59. The molecule has 0 heterocycles. The van der Waals surface area contributed by atoms with Gasteiger partial charge >= 0.3 is 0 Å². The summed E-state index contributed by atoms with van der Waals surface area (Å²) in [6, 6.07) is 15.4. The van der Waals surface area contributed by atoms with Crippen molar-refractivity contribution in [3.05, 3.63) is 63.2 Å². The maximum atomic E-state index is 11.7. The smallest absolute Gasteiger partial charge is 0.265 e. The van der Waals surface area contributed by atoms with E-state index in [0.29, 0.717) is 0 Å². The first-order valence-corrected chi connectivity index (χ1v) is 7.49. The van der Waals surface area contributed by atoms with E-state index in [1.165, 1.54) is 0 Å². The topological polar surface area (TPSA) is 50.7 Å². The molecule has 0 aliphatic heterocycles. The Morgan fingerprint density at radius 1 is 1.29 bits per heavy atom. The van der Waals surface area contributed by atoms with Crippen molar-refractivity contribution in [2.24, 2.45) is 5.16 Å². The minimum absolute atomic E-state index is 0.117. The number of amides is 1. The summed E-state index contributed by atoms with van der Waals surface area (Å²) >= 11 is 2.19. The molecule has 108 valence electrons. The standard InChI is InChI=1S/C16H15IN2O2/c1-12-5-2-3-6-13(12)10-18-21-11-16(20)19-15-8-4-7-14(17)9-15/h2-10H,11H2,1H3,(H,19,20)/b18-10+. The highest BCUT2D eigenvalue weighted by atomic mass is 127. The van der Waals surface area contributed by atoms with Gasteiger partial charge in [-0.05, 0) is 58.8 Å². The number of carbonyl (C=O) groups is 1. The van der Waals surface area contributed by atoms with Crippen LogP contribution in [0.1, 0.15) is 11.1 Å². The van der Waals surface area contributed by atoms with Gasteiger partial charge < -0.3 is 10.2 Å². The molecule has 0 fully saturated rings. The van der Waals surface area contributed by atoms with Crippen molar-refractivity contribution in [3.8, 4) is 0 Å². The third-order valence-corrected chi connectivity index (χ3v) is 3.43. The first-order valence-electron chi connectivity index (χ1n) is 6.41. The summed E-state index contributed by atoms with van der Waals surface area (Å²) in [5.74, 6) is -0.237. The van der Waals surface area contributed by atoms with Gasteiger partial charge in [-0.3, -0.25) is 4.79 Å². The highest BCUT2D eigenvalue weighted by molar-refractivity contribution is 14.1. The Hall–Kier alpha value is -1.89. The minimum atomic E-state index is -0.237. The summed E-state index contributed by atoms with van der Waals surface area (Å²) in [6.07, 6.45) is 1.61. The van der Waals surface area contributed by atoms with E-state index in [9.17, 15) is 4.79 Å². The van der Waals surface area contributed by atoms with E-state index in [1.807, 2.05) is 55.5 Å². The van der Waals surface area contributed by atoms with Crippen LogP contribution in [-0.4, -0.2) is 18.7 Å². The molecule has 4 nitrogen and oxygen atoms in total. The van der Waals surface area contributed by atoms with Gasteiger partial charge in [0.2, 0.25) is 0 Å². The molecular weight excluding hydrogens is 379 g/mol. The predicted molar refractivity (Wildman–Crippen MR) is 92.5 cm³/mol. The lowest BCUT2D eigenvalue weighted by atomic mass is 10.1. The summed E-state index contributed by atoms with van der Waals surface area (Å²) in [4.78, 5) is 16.7. The number of anilines is 1. The number of carbonyl (C=O) groups excluding carboxylic acids is 1. The van der Waals surface area contributed by atoms with Crippen molar-refractivity contribution in [1.82, 2.24) is 0 Å². The number of nitrogens with one attached hydrogen (secondary N) is 1. The minimum Gasteiger partial charge on any atom is -0.386 e. The van der Waals surface area contributed by atoms with Crippen molar-refractivity contribution < 1.29 is 9.63 Å². The van der Waals surface area contributed by atoms with E-state index < -0.39 is 0 Å². The van der Waals surface area contributed by atoms with E-state index in [1.54, 1.807) is 6.21 Å². The number of oxime groups is 1. The van der Waals surface area contributed by atoms with Crippen LogP contribution in [0.15, 0.2) is 53.7 Å². The Morgan fingerprint density at radius 2 is 2.10 bits per heavy atom. The third-order valence-electron chi connectivity index (χ3n) is 2.76. The van der Waals surface area contributed by atoms with Gasteiger partial charge in [0.05, 0.1) is 6.21 Å². The van der Waals surface area contributed by atoms with E-state index in [0.717, 1.165) is 20.4 Å². The first kappa shape index (κ1) is 15.5. The van der Waals surface area contributed by atoms with Gasteiger partial charge in [-0.25, -0.2) is 0 Å². The highest BCUT2D eigenvalue weighted by Gasteiger charge is 2.02. The molecule has 0 aliphatic rings. The molecule has 0 aliphatic carbocycles. The fourth-order valence-corrected chi connectivity index (χ4v) is 2.23. The quantitative estimate of drug-likeness (QED) is 0.479. The van der Waals surface area contributed by atoms with Gasteiger partial charge in [0, 0.05) is 9.26 Å². The van der Waals surface area contributed by atoms with Gasteiger partial charge in [-0.1, -0.05) is 35.5 Å². The second-order valence-electron chi connectivity index (χ2n) is 4.42. The number of hydrogen-bond donors (Lipinski definition) is 1. The second-order valence-corrected chi connectivity index (χ2v) is 5.67. The van der Waals surface area contributed by atoms with Crippen LogP contribution in [0.25, 0.3) is 0 Å². The molecule has 0 unspecified atom stereocenters. The SMILES string of the molecule is Cc1ccccc1/C=N/OCC(=O)Nc1cccc(I)c1. The zero-order valence-corrected chi connectivity index (χ0v) is 13.7. The molecule has 0 spiro atoms. The average Bonchev–Trinajstić information content (AvgIpc) is 2.45. The Morgan fingerprint density at radius 3 is 2.86 bits per heavy atom. The lowest BCUT2D eigenvalue weighted by molar-refractivity contribution is -0.120. The monoisotopic (exact) mass is 394 g/mol. The van der Waals surface area contributed by atoms with Crippen LogP contribution in [0, 0.1) is 10.5 Å². The lowest BCUT2D eigenvalue weighted by Gasteiger charge is -2.04. The molecule has 0 aromatic heterocycles. The molecule has 0 saturated heterocycles. The van der Waals surface area contributed by atoms with Crippen molar-refractivity contribution >= 4 is 40.4 Å². The summed E-state index contributed by atoms with van der Waals surface area (Å²) in [6.45, 7) is 1.87. The molecule has 0 atom stereocenters. The van der Waals surface area contributed by atoms with E-state index >= 15 is 0 Å². The van der Waals surface area contributed by atoms with Gasteiger partial charge in [-0.15, -0.1) is 0 Å². The molecule has 1 amide bonds. The van der Waals surface area contributed by atoms with E-state index in [-0.39, 0.29) is 12.5 Å². The number of rotatable bonds is 5. The van der Waals surface area contributed by atoms with Gasteiger partial charge in [0.15, 0.2) is 6.61 Å². The zero-order chi connectivity index (χ0) is 15.1. The Bertz CT molecular complexity index is 656. The molecule has 2 aromatic rings. The third kappa shape index (κ3) is 5.18. The van der Waals surface area contributed by atoms with Crippen LogP contribution in [-0.2, 0) is 9.63 Å². The molecule has 21 heavy (non-hydrogen) atoms. The number of nitrogens with zero attached hydrogens (tertiary/aromatic N) is 1. The fourth-order valence-electron chi connectivity index (χ4n) is 1.68. The summed E-state index contributed by atoms with van der Waals surface area (Å²) in [5, 5.41) is 6.56. The summed E-state index contributed by atoms with van der Waals surface area (Å²) in [5.41, 5.74) is 2.82. The van der Waals surface area contributed by atoms with Crippen molar-refractivity contribution in [3.63, 3.8) is 0 Å². The van der Waals surface area contributed by atoms with Crippen LogP contribution < -0.4 is 5.32 Å². The molecule has 2 aromatic carbocycles. The van der Waals surface area contributed by atoms with Gasteiger partial charge in [0.1, 0.15) is 0 Å². The molecule has 5 heteroatoms. The van der Waals surface area contributed by atoms with Crippen LogP contribution in [0.4, 0.5) is 5.69 Å². The number of aryl methyl sites for hydroxylation is 1. The van der Waals surface area contributed by atoms with Crippen molar-refractivity contribution in [2.75, 3.05) is 11.9 Å². The second kappa shape index (κ2) is 7.78. The lowest BCUT2D eigenvalue weighted by Crippen LogP contribution is -2.17. The van der Waals surface area contributed by atoms with Crippen LogP contribution in [0.2, 0.25) is 0 Å². The zero-order valence-electron chi connectivity index (χ0n) is 11.5. The summed E-state index contributed by atoms with van der Waals surface area (Å²) < 4.78 is 1.06. The van der Waals surface area contributed by atoms with Crippen molar-refractivity contribution in [2.45, 2.75) is 6.92 Å². The molecule has 0 bridgehead atoms. The maximum absolute atomic E-state index is 11.7. The van der Waals surface area contributed by atoms with Crippen LogP contribution in [0.5, 0.6) is 0 Å². The number of halogens is 1. The van der Waals surface area contributed by atoms with Gasteiger partial charge in [0.25, 0.3) is 5.91 Å². The van der Waals surface area contributed by atoms with Gasteiger partial charge in [-0.2, -0.15) is 0 Å². The number of hydrogen-bond acceptors (Lipinski definition) is 3. The Balaban J connectivity index is 1.81. The normalized spacial score (nSPS) is 10.6. The molecule has 2 rings (SSSR count). The van der Waals surface area contributed by atoms with Crippen molar-refractivity contribution in [1.29, 1.82) is 0 Å².